The molecule has 2 heterocycles. The van der Waals surface area contributed by atoms with E-state index in [4.69, 9.17) is 17.7 Å². The molecule has 0 bridgehead atoms. The molecule has 0 aromatic carbocycles. The highest BCUT2D eigenvalue weighted by atomic mass is 28.4. The van der Waals surface area contributed by atoms with Crippen molar-refractivity contribution in [2.45, 2.75) is 91.0 Å². The zero-order valence-corrected chi connectivity index (χ0v) is 24.2. The quantitative estimate of drug-likeness (QED) is 0.168. The number of furan rings is 2. The summed E-state index contributed by atoms with van der Waals surface area (Å²) in [5.41, 5.74) is 0. The lowest BCUT2D eigenvalue weighted by atomic mass is 10.2. The van der Waals surface area contributed by atoms with Crippen LogP contribution in [0.3, 0.4) is 0 Å². The lowest BCUT2D eigenvalue weighted by Gasteiger charge is -2.35. The molecule has 0 N–H and O–H groups in total. The van der Waals surface area contributed by atoms with Gasteiger partial charge in [-0.05, 0) is 72.4 Å². The van der Waals surface area contributed by atoms with Crippen LogP contribution in [-0.4, -0.2) is 28.2 Å². The van der Waals surface area contributed by atoms with Crippen molar-refractivity contribution in [1.82, 2.24) is 0 Å². The average Bonchev–Trinajstić information content (AvgIpc) is 3.37. The van der Waals surface area contributed by atoms with Crippen molar-refractivity contribution in [2.24, 2.45) is 0 Å². The van der Waals surface area contributed by atoms with Crippen molar-refractivity contribution in [3.8, 4) is 11.8 Å². The molecule has 186 valence electrons. The van der Waals surface area contributed by atoms with Gasteiger partial charge >= 0.3 is 0 Å². The standard InChI is InChI=1S/C26H38O6Si2/c1-25(2,3)33(7,8)29-17-19-11-15-23(31-19)21(27)13-14-22(28)24-16-12-20(32-24)18-30-34(9,10)26(4,5)6/h11-12,15-16H,17-18H2,1-10H3. The van der Waals surface area contributed by atoms with Gasteiger partial charge in [-0.15, -0.1) is 0 Å². The minimum absolute atomic E-state index is 0.0760. The Morgan fingerprint density at radius 2 is 1.03 bits per heavy atom. The Morgan fingerprint density at radius 3 is 1.32 bits per heavy atom. The van der Waals surface area contributed by atoms with E-state index in [-0.39, 0.29) is 21.6 Å². The molecule has 0 amide bonds. The topological polar surface area (TPSA) is 78.9 Å². The highest BCUT2D eigenvalue weighted by Gasteiger charge is 2.38. The van der Waals surface area contributed by atoms with Crippen LogP contribution < -0.4 is 0 Å². The number of hydrogen-bond acceptors (Lipinski definition) is 6. The summed E-state index contributed by atoms with van der Waals surface area (Å²) < 4.78 is 23.4. The van der Waals surface area contributed by atoms with E-state index in [2.05, 4.69) is 79.6 Å². The summed E-state index contributed by atoms with van der Waals surface area (Å²) in [6, 6.07) is 6.50. The van der Waals surface area contributed by atoms with Crippen LogP contribution >= 0.6 is 0 Å². The third kappa shape index (κ3) is 7.16. The minimum Gasteiger partial charge on any atom is -0.454 e. The van der Waals surface area contributed by atoms with Crippen LogP contribution in [-0.2, 0) is 22.1 Å². The molecule has 2 aromatic heterocycles. The molecule has 8 heteroatoms. The third-order valence-electron chi connectivity index (χ3n) is 6.82. The van der Waals surface area contributed by atoms with Gasteiger partial charge in [-0.2, -0.15) is 0 Å². The summed E-state index contributed by atoms with van der Waals surface area (Å²) in [7, 11) is -3.86. The van der Waals surface area contributed by atoms with Gasteiger partial charge in [0.15, 0.2) is 28.2 Å². The first-order valence-corrected chi connectivity index (χ1v) is 17.3. The number of carbonyl (C=O) groups excluding carboxylic acids is 2. The summed E-state index contributed by atoms with van der Waals surface area (Å²) in [6.07, 6.45) is 0. The van der Waals surface area contributed by atoms with Crippen LogP contribution in [0.15, 0.2) is 33.1 Å². The Morgan fingerprint density at radius 1 is 0.706 bits per heavy atom. The smallest absolute Gasteiger partial charge is 0.271 e. The minimum atomic E-state index is -1.93. The zero-order valence-electron chi connectivity index (χ0n) is 22.2. The normalized spacial score (nSPS) is 12.9. The van der Waals surface area contributed by atoms with Gasteiger partial charge in [-0.25, -0.2) is 0 Å². The summed E-state index contributed by atoms with van der Waals surface area (Å²) in [6.45, 7) is 22.1. The number of carbonyl (C=O) groups is 2. The van der Waals surface area contributed by atoms with Crippen LogP contribution in [0.25, 0.3) is 0 Å². The second-order valence-corrected chi connectivity index (χ2v) is 21.2. The van der Waals surface area contributed by atoms with Gasteiger partial charge in [-0.3, -0.25) is 9.59 Å². The second kappa shape index (κ2) is 10.2. The van der Waals surface area contributed by atoms with E-state index in [1.165, 1.54) is 0 Å². The maximum Gasteiger partial charge on any atom is 0.271 e. The first-order valence-electron chi connectivity index (χ1n) is 11.5. The molecular weight excluding hydrogens is 464 g/mol. The van der Waals surface area contributed by atoms with Crippen LogP contribution in [0, 0.1) is 11.8 Å². The first kappa shape index (κ1) is 28.1. The van der Waals surface area contributed by atoms with Crippen LogP contribution in [0.4, 0.5) is 0 Å². The van der Waals surface area contributed by atoms with E-state index in [1.54, 1.807) is 24.3 Å². The molecule has 0 saturated carbocycles. The van der Waals surface area contributed by atoms with E-state index in [1.807, 2.05) is 0 Å². The Labute approximate surface area is 205 Å². The monoisotopic (exact) mass is 502 g/mol. The molecule has 0 aliphatic heterocycles. The zero-order chi connectivity index (χ0) is 25.9. The highest BCUT2D eigenvalue weighted by molar-refractivity contribution is 6.74. The first-order chi connectivity index (χ1) is 15.4. The van der Waals surface area contributed by atoms with Crippen molar-refractivity contribution in [2.75, 3.05) is 0 Å². The van der Waals surface area contributed by atoms with Crippen molar-refractivity contribution in [3.05, 3.63) is 47.3 Å². The summed E-state index contributed by atoms with van der Waals surface area (Å²) in [5, 5.41) is 0.152. The van der Waals surface area contributed by atoms with Crippen LogP contribution in [0.5, 0.6) is 0 Å². The van der Waals surface area contributed by atoms with Gasteiger partial charge in [0.25, 0.3) is 11.6 Å². The predicted molar refractivity (Wildman–Crippen MR) is 138 cm³/mol. The summed E-state index contributed by atoms with van der Waals surface area (Å²) >= 11 is 0. The van der Waals surface area contributed by atoms with Gasteiger partial charge in [-0.1, -0.05) is 41.5 Å². The Bertz CT molecular complexity index is 997. The Kier molecular flexibility index (Phi) is 8.42. The Balaban J connectivity index is 1.97. The molecule has 6 nitrogen and oxygen atoms in total. The molecule has 0 spiro atoms. The van der Waals surface area contributed by atoms with Gasteiger partial charge in [0, 0.05) is 0 Å². The van der Waals surface area contributed by atoms with E-state index >= 15 is 0 Å². The van der Waals surface area contributed by atoms with Crippen molar-refractivity contribution >= 4 is 28.2 Å². The fourth-order valence-electron chi connectivity index (χ4n) is 2.33. The van der Waals surface area contributed by atoms with Crippen molar-refractivity contribution in [1.29, 1.82) is 0 Å². The van der Waals surface area contributed by atoms with E-state index in [0.717, 1.165) is 0 Å². The van der Waals surface area contributed by atoms with E-state index < -0.39 is 28.2 Å². The van der Waals surface area contributed by atoms with Gasteiger partial charge < -0.3 is 17.7 Å². The molecule has 0 fully saturated rings. The molecule has 2 rings (SSSR count). The largest absolute Gasteiger partial charge is 0.454 e. The molecule has 34 heavy (non-hydrogen) atoms. The van der Waals surface area contributed by atoms with Gasteiger partial charge in [0.05, 0.1) is 13.2 Å². The van der Waals surface area contributed by atoms with Crippen LogP contribution in [0.1, 0.15) is 74.2 Å². The fraction of sp³-hybridized carbons (Fsp3) is 0.538. The Hall–Kier alpha value is -2.19. The molecule has 0 aliphatic carbocycles. The maximum atomic E-state index is 12.4. The van der Waals surface area contributed by atoms with Crippen LogP contribution in [0.2, 0.25) is 36.3 Å². The number of hydrogen-bond donors (Lipinski definition) is 0. The molecular formula is C26H38O6Si2. The van der Waals surface area contributed by atoms with Crippen molar-refractivity contribution < 1.29 is 27.3 Å². The average molecular weight is 503 g/mol. The summed E-state index contributed by atoms with van der Waals surface area (Å²) in [5.74, 6) is 4.82. The molecule has 2 aromatic rings. The fourth-order valence-corrected chi connectivity index (χ4v) is 4.20. The maximum absolute atomic E-state index is 12.4. The molecule has 0 atom stereocenters. The predicted octanol–water partition coefficient (Wildman–Crippen LogP) is 6.99. The molecule has 0 unspecified atom stereocenters. The lowest BCUT2D eigenvalue weighted by Crippen LogP contribution is -2.40. The SMILES string of the molecule is CC(C)(C)[Si](C)(C)OCc1ccc(C(=O)C#CC(=O)c2ccc(CO[Si](C)(C)C(C)(C)C)o2)o1. The number of ketones is 2. The van der Waals surface area contributed by atoms with E-state index in [9.17, 15) is 9.59 Å². The summed E-state index contributed by atoms with van der Waals surface area (Å²) in [4.78, 5) is 24.7. The van der Waals surface area contributed by atoms with Gasteiger partial charge in [0.2, 0.25) is 0 Å². The number of Topliss-reactive ketones (excluding diaryl/α,β-unsaturated/α-hetero) is 2. The second-order valence-electron chi connectivity index (χ2n) is 11.5. The number of rotatable bonds is 8. The molecule has 0 radical (unpaired) electrons. The van der Waals surface area contributed by atoms with E-state index in [0.29, 0.717) is 24.7 Å². The van der Waals surface area contributed by atoms with Gasteiger partial charge in [0.1, 0.15) is 11.5 Å². The third-order valence-corrected chi connectivity index (χ3v) is 15.8. The highest BCUT2D eigenvalue weighted by Crippen LogP contribution is 2.38. The lowest BCUT2D eigenvalue weighted by molar-refractivity contribution is 0.100. The molecule has 0 aliphatic rings. The molecule has 0 saturated heterocycles. The van der Waals surface area contributed by atoms with Crippen molar-refractivity contribution in [3.63, 3.8) is 0 Å².